The molecule has 2 aromatic carbocycles. The number of ketones is 1. The van der Waals surface area contributed by atoms with Crippen LogP contribution >= 0.6 is 27.3 Å². The Morgan fingerprint density at radius 1 is 1.09 bits per heavy atom. The summed E-state index contributed by atoms with van der Waals surface area (Å²) in [6, 6.07) is 18.7. The highest BCUT2D eigenvalue weighted by Gasteiger charge is 2.47. The molecule has 1 atom stereocenters. The van der Waals surface area contributed by atoms with Gasteiger partial charge in [-0.25, -0.2) is 4.98 Å². The van der Waals surface area contributed by atoms with Gasteiger partial charge in [-0.1, -0.05) is 45.5 Å². The Kier molecular flexibility index (Phi) is 4.82. The van der Waals surface area contributed by atoms with Gasteiger partial charge in [0.05, 0.1) is 21.5 Å². The van der Waals surface area contributed by atoms with Gasteiger partial charge in [-0.15, -0.1) is 0 Å². The molecule has 4 heterocycles. The summed E-state index contributed by atoms with van der Waals surface area (Å²) in [6.45, 7) is 0. The second-order valence-corrected chi connectivity index (χ2v) is 9.61. The SMILES string of the molecule is O=C(C1=C(O)C(=O)N(c2nc3ccccc3s2)C1c1ccccn1)c1cc2cc(Br)ccc2o1. The third kappa shape index (κ3) is 3.24. The lowest BCUT2D eigenvalue weighted by Gasteiger charge is -2.23. The fraction of sp³-hybridized carbons (Fsp3) is 0.0400. The Bertz CT molecular complexity index is 1610. The van der Waals surface area contributed by atoms with E-state index in [0.717, 1.165) is 20.1 Å². The molecule has 0 aliphatic carbocycles. The van der Waals surface area contributed by atoms with E-state index in [0.29, 0.717) is 16.4 Å². The summed E-state index contributed by atoms with van der Waals surface area (Å²) >= 11 is 4.71. The molecule has 1 amide bonds. The van der Waals surface area contributed by atoms with E-state index in [1.807, 2.05) is 36.4 Å². The number of halogens is 1. The van der Waals surface area contributed by atoms with Crippen LogP contribution in [0.4, 0.5) is 5.13 Å². The van der Waals surface area contributed by atoms with E-state index < -0.39 is 23.5 Å². The minimum absolute atomic E-state index is 0.0227. The number of para-hydroxylation sites is 1. The molecule has 1 unspecified atom stereocenters. The van der Waals surface area contributed by atoms with E-state index in [2.05, 4.69) is 25.9 Å². The number of anilines is 1. The van der Waals surface area contributed by atoms with Crippen molar-refractivity contribution in [1.29, 1.82) is 0 Å². The zero-order chi connectivity index (χ0) is 23.4. The maximum Gasteiger partial charge on any atom is 0.296 e. The minimum Gasteiger partial charge on any atom is -0.503 e. The minimum atomic E-state index is -0.957. The zero-order valence-corrected chi connectivity index (χ0v) is 19.7. The van der Waals surface area contributed by atoms with E-state index in [9.17, 15) is 14.7 Å². The summed E-state index contributed by atoms with van der Waals surface area (Å²) in [7, 11) is 0. The number of aliphatic hydroxyl groups excluding tert-OH is 1. The molecule has 6 rings (SSSR count). The van der Waals surface area contributed by atoms with Crippen LogP contribution in [0.5, 0.6) is 0 Å². The molecule has 1 aliphatic rings. The van der Waals surface area contributed by atoms with E-state index in [-0.39, 0.29) is 11.3 Å². The molecule has 1 N–H and O–H groups in total. The average Bonchev–Trinajstić information content (AvgIpc) is 3.53. The molecule has 3 aromatic heterocycles. The summed E-state index contributed by atoms with van der Waals surface area (Å²) in [4.78, 5) is 37.2. The van der Waals surface area contributed by atoms with Gasteiger partial charge in [-0.05, 0) is 48.5 Å². The van der Waals surface area contributed by atoms with Crippen molar-refractivity contribution in [2.75, 3.05) is 4.90 Å². The summed E-state index contributed by atoms with van der Waals surface area (Å²) in [5, 5.41) is 12.0. The van der Waals surface area contributed by atoms with Crippen LogP contribution < -0.4 is 4.90 Å². The van der Waals surface area contributed by atoms with Crippen molar-refractivity contribution in [3.8, 4) is 0 Å². The predicted octanol–water partition coefficient (Wildman–Crippen LogP) is 5.98. The number of thiazole rings is 1. The lowest BCUT2D eigenvalue weighted by molar-refractivity contribution is -0.117. The van der Waals surface area contributed by atoms with Gasteiger partial charge in [-0.3, -0.25) is 19.5 Å². The highest BCUT2D eigenvalue weighted by Crippen LogP contribution is 2.43. The Morgan fingerprint density at radius 2 is 1.91 bits per heavy atom. The van der Waals surface area contributed by atoms with Crippen molar-refractivity contribution in [2.45, 2.75) is 6.04 Å². The lowest BCUT2D eigenvalue weighted by atomic mass is 9.98. The molecule has 166 valence electrons. The van der Waals surface area contributed by atoms with Crippen LogP contribution in [0.2, 0.25) is 0 Å². The number of Topliss-reactive ketones (excluding diaryl/α,β-unsaturated/α-hetero) is 1. The van der Waals surface area contributed by atoms with Crippen LogP contribution in [-0.4, -0.2) is 26.8 Å². The Labute approximate surface area is 205 Å². The molecule has 0 radical (unpaired) electrons. The molecule has 0 saturated carbocycles. The largest absolute Gasteiger partial charge is 0.503 e. The van der Waals surface area contributed by atoms with Gasteiger partial charge in [-0.2, -0.15) is 0 Å². The molecule has 1 aliphatic heterocycles. The highest BCUT2D eigenvalue weighted by molar-refractivity contribution is 9.10. The van der Waals surface area contributed by atoms with Crippen LogP contribution in [0.3, 0.4) is 0 Å². The van der Waals surface area contributed by atoms with E-state index >= 15 is 0 Å². The zero-order valence-electron chi connectivity index (χ0n) is 17.3. The lowest BCUT2D eigenvalue weighted by Crippen LogP contribution is -2.31. The molecule has 9 heteroatoms. The molecule has 34 heavy (non-hydrogen) atoms. The van der Waals surface area contributed by atoms with Gasteiger partial charge < -0.3 is 9.52 Å². The molecule has 0 bridgehead atoms. The van der Waals surface area contributed by atoms with E-state index in [1.54, 1.807) is 36.5 Å². The third-order valence-electron chi connectivity index (χ3n) is 5.61. The van der Waals surface area contributed by atoms with Crippen LogP contribution in [-0.2, 0) is 4.79 Å². The maximum absolute atomic E-state index is 13.6. The fourth-order valence-corrected chi connectivity index (χ4v) is 5.44. The number of hydrogen-bond donors (Lipinski definition) is 1. The Hall–Kier alpha value is -3.82. The molecule has 0 saturated heterocycles. The van der Waals surface area contributed by atoms with Crippen molar-refractivity contribution >= 4 is 65.3 Å². The van der Waals surface area contributed by atoms with Crippen LogP contribution in [0.1, 0.15) is 22.3 Å². The number of nitrogens with zero attached hydrogens (tertiary/aromatic N) is 3. The first-order valence-corrected chi connectivity index (χ1v) is 11.9. The first kappa shape index (κ1) is 20.8. The first-order chi connectivity index (χ1) is 16.5. The molecule has 0 spiro atoms. The monoisotopic (exact) mass is 531 g/mol. The molecule has 5 aromatic rings. The summed E-state index contributed by atoms with van der Waals surface area (Å²) in [5.41, 5.74) is 1.58. The Balaban J connectivity index is 1.50. The Morgan fingerprint density at radius 3 is 2.71 bits per heavy atom. The van der Waals surface area contributed by atoms with Gasteiger partial charge in [0.15, 0.2) is 16.7 Å². The molecule has 7 nitrogen and oxygen atoms in total. The van der Waals surface area contributed by atoms with Crippen molar-refractivity contribution < 1.29 is 19.1 Å². The van der Waals surface area contributed by atoms with Gasteiger partial charge in [0, 0.05) is 16.1 Å². The number of carbonyl (C=O) groups excluding carboxylic acids is 2. The summed E-state index contributed by atoms with van der Waals surface area (Å²) in [6.07, 6.45) is 1.58. The summed E-state index contributed by atoms with van der Waals surface area (Å²) in [5.74, 6) is -1.91. The quantitative estimate of drug-likeness (QED) is 0.286. The van der Waals surface area contributed by atoms with Gasteiger partial charge in [0.25, 0.3) is 5.91 Å². The van der Waals surface area contributed by atoms with Crippen LogP contribution in [0.25, 0.3) is 21.2 Å². The number of pyridine rings is 1. The van der Waals surface area contributed by atoms with Crippen molar-refractivity contribution in [2.24, 2.45) is 0 Å². The maximum atomic E-state index is 13.6. The smallest absolute Gasteiger partial charge is 0.296 e. The molecular formula is C25H14BrN3O4S. The first-order valence-electron chi connectivity index (χ1n) is 10.3. The van der Waals surface area contributed by atoms with Crippen molar-refractivity contribution in [3.63, 3.8) is 0 Å². The fourth-order valence-electron chi connectivity index (χ4n) is 4.07. The topological polar surface area (TPSA) is 96.5 Å². The number of carbonyl (C=O) groups is 2. The van der Waals surface area contributed by atoms with Crippen LogP contribution in [0.15, 0.2) is 93.1 Å². The van der Waals surface area contributed by atoms with Crippen molar-refractivity contribution in [3.05, 3.63) is 100 Å². The number of fused-ring (bicyclic) bond motifs is 2. The highest BCUT2D eigenvalue weighted by atomic mass is 79.9. The number of furan rings is 1. The van der Waals surface area contributed by atoms with Gasteiger partial charge in [0.2, 0.25) is 5.78 Å². The van der Waals surface area contributed by atoms with Crippen molar-refractivity contribution in [1.82, 2.24) is 9.97 Å². The number of aliphatic hydroxyl groups is 1. The number of benzene rings is 2. The second-order valence-electron chi connectivity index (χ2n) is 7.68. The van der Waals surface area contributed by atoms with E-state index in [4.69, 9.17) is 4.42 Å². The number of aromatic nitrogens is 2. The third-order valence-corrected chi connectivity index (χ3v) is 7.14. The number of amides is 1. The standard InChI is InChI=1S/C25H14BrN3O4S/c26-14-8-9-17-13(11-14)12-18(33-17)22(30)20-21(16-6-3-4-10-27-16)29(24(32)23(20)31)25-28-15-5-1-2-7-19(15)34-25/h1-12,21,31H. The number of hydrogen-bond acceptors (Lipinski definition) is 7. The predicted molar refractivity (Wildman–Crippen MR) is 132 cm³/mol. The van der Waals surface area contributed by atoms with Crippen LogP contribution in [0, 0.1) is 0 Å². The van der Waals surface area contributed by atoms with Gasteiger partial charge >= 0.3 is 0 Å². The average molecular weight is 532 g/mol. The summed E-state index contributed by atoms with van der Waals surface area (Å²) < 4.78 is 7.50. The second kappa shape index (κ2) is 7.89. The normalized spacial score (nSPS) is 16.2. The number of rotatable bonds is 4. The van der Waals surface area contributed by atoms with Gasteiger partial charge in [0.1, 0.15) is 11.6 Å². The molecule has 0 fully saturated rings. The van der Waals surface area contributed by atoms with E-state index in [1.165, 1.54) is 16.2 Å². The molecular weight excluding hydrogens is 518 g/mol.